The summed E-state index contributed by atoms with van der Waals surface area (Å²) in [6.45, 7) is 3.08. The topological polar surface area (TPSA) is 67.2 Å². The van der Waals surface area contributed by atoms with Crippen LogP contribution in [0.2, 0.25) is 0 Å². The van der Waals surface area contributed by atoms with Gasteiger partial charge in [0.05, 0.1) is 11.3 Å². The van der Waals surface area contributed by atoms with Gasteiger partial charge in [0.25, 0.3) is 11.8 Å². The molecule has 0 radical (unpaired) electrons. The molecular formula is C29H27FN4O2. The van der Waals surface area contributed by atoms with Gasteiger partial charge in [-0.1, -0.05) is 48.0 Å². The fourth-order valence-corrected chi connectivity index (χ4v) is 4.44. The number of rotatable bonds is 5. The number of likely N-dealkylation sites (tertiary alicyclic amines) is 1. The van der Waals surface area contributed by atoms with Crippen LogP contribution >= 0.6 is 0 Å². The Kier molecular flexibility index (Phi) is 6.62. The number of nitrogens with one attached hydrogen (secondary N) is 1. The molecule has 1 fully saturated rings. The molecule has 36 heavy (non-hydrogen) atoms. The average molecular weight is 483 g/mol. The van der Waals surface area contributed by atoms with Gasteiger partial charge in [-0.05, 0) is 56.2 Å². The Balaban J connectivity index is 1.32. The van der Waals surface area contributed by atoms with Gasteiger partial charge < -0.3 is 10.2 Å². The smallest absolute Gasteiger partial charge is 0.257 e. The molecule has 1 aliphatic heterocycles. The summed E-state index contributed by atoms with van der Waals surface area (Å²) in [6, 6.07) is 23.2. The number of hydrogen-bond donors (Lipinski definition) is 1. The second-order valence-corrected chi connectivity index (χ2v) is 9.08. The van der Waals surface area contributed by atoms with Crippen LogP contribution in [-0.2, 0) is 0 Å². The van der Waals surface area contributed by atoms with Crippen LogP contribution in [0.4, 0.5) is 4.39 Å². The number of nitrogens with zero attached hydrogens (tertiary/aromatic N) is 3. The highest BCUT2D eigenvalue weighted by Gasteiger charge is 2.28. The van der Waals surface area contributed by atoms with E-state index >= 15 is 0 Å². The van der Waals surface area contributed by atoms with E-state index in [0.29, 0.717) is 42.8 Å². The van der Waals surface area contributed by atoms with Gasteiger partial charge in [0.1, 0.15) is 11.5 Å². The number of aromatic nitrogens is 2. The summed E-state index contributed by atoms with van der Waals surface area (Å²) in [5, 5.41) is 7.78. The maximum Gasteiger partial charge on any atom is 0.257 e. The molecular weight excluding hydrogens is 455 g/mol. The molecule has 3 aromatic carbocycles. The zero-order valence-corrected chi connectivity index (χ0v) is 20.0. The zero-order chi connectivity index (χ0) is 25.1. The molecule has 2 amide bonds. The van der Waals surface area contributed by atoms with Gasteiger partial charge in [0.15, 0.2) is 0 Å². The van der Waals surface area contributed by atoms with Crippen LogP contribution in [0.1, 0.15) is 39.1 Å². The Morgan fingerprint density at radius 1 is 0.917 bits per heavy atom. The first-order chi connectivity index (χ1) is 17.5. The second-order valence-electron chi connectivity index (χ2n) is 9.08. The zero-order valence-electron chi connectivity index (χ0n) is 20.0. The van der Waals surface area contributed by atoms with E-state index in [4.69, 9.17) is 5.10 Å². The fourth-order valence-electron chi connectivity index (χ4n) is 4.44. The summed E-state index contributed by atoms with van der Waals surface area (Å²) in [5.74, 6) is -0.681. The number of carbonyl (C=O) groups is 2. The number of piperidine rings is 1. The Bertz CT molecular complexity index is 1360. The van der Waals surface area contributed by atoms with E-state index in [9.17, 15) is 14.0 Å². The summed E-state index contributed by atoms with van der Waals surface area (Å²) >= 11 is 0. The number of halogens is 1. The summed E-state index contributed by atoms with van der Waals surface area (Å²) in [7, 11) is 0. The van der Waals surface area contributed by atoms with Crippen LogP contribution in [-0.4, -0.2) is 45.6 Å². The summed E-state index contributed by atoms with van der Waals surface area (Å²) in [6.07, 6.45) is 3.09. The van der Waals surface area contributed by atoms with Gasteiger partial charge in [-0.15, -0.1) is 0 Å². The number of hydrogen-bond acceptors (Lipinski definition) is 3. The molecule has 0 atom stereocenters. The first kappa shape index (κ1) is 23.5. The van der Waals surface area contributed by atoms with E-state index in [-0.39, 0.29) is 23.7 Å². The summed E-state index contributed by atoms with van der Waals surface area (Å²) in [4.78, 5) is 27.9. The monoisotopic (exact) mass is 482 g/mol. The predicted octanol–water partition coefficient (Wildman–Crippen LogP) is 5.02. The molecule has 0 aliphatic carbocycles. The van der Waals surface area contributed by atoms with Crippen molar-refractivity contribution in [1.29, 1.82) is 0 Å². The lowest BCUT2D eigenvalue weighted by molar-refractivity contribution is 0.0699. The number of carbonyl (C=O) groups excluding carboxylic acids is 2. The molecule has 182 valence electrons. The van der Waals surface area contributed by atoms with Crippen molar-refractivity contribution in [2.45, 2.75) is 25.8 Å². The third-order valence-electron chi connectivity index (χ3n) is 6.51. The Morgan fingerprint density at radius 2 is 1.58 bits per heavy atom. The molecule has 1 aliphatic rings. The molecule has 2 heterocycles. The molecule has 0 spiro atoms. The Labute approximate surface area is 209 Å². The van der Waals surface area contributed by atoms with Crippen molar-refractivity contribution in [3.05, 3.63) is 108 Å². The van der Waals surface area contributed by atoms with Crippen LogP contribution < -0.4 is 5.32 Å². The molecule has 0 saturated carbocycles. The predicted molar refractivity (Wildman–Crippen MR) is 137 cm³/mol. The van der Waals surface area contributed by atoms with Crippen molar-refractivity contribution in [2.75, 3.05) is 13.1 Å². The lowest BCUT2D eigenvalue weighted by Gasteiger charge is -2.32. The minimum atomic E-state index is -0.376. The van der Waals surface area contributed by atoms with Crippen molar-refractivity contribution in [2.24, 2.45) is 0 Å². The van der Waals surface area contributed by atoms with Crippen molar-refractivity contribution >= 4 is 11.8 Å². The minimum Gasteiger partial charge on any atom is -0.349 e. The third-order valence-corrected chi connectivity index (χ3v) is 6.51. The molecule has 5 rings (SSSR count). The molecule has 4 aromatic rings. The van der Waals surface area contributed by atoms with Crippen LogP contribution in [0.15, 0.2) is 85.1 Å². The highest BCUT2D eigenvalue weighted by molar-refractivity contribution is 6.00. The maximum absolute atomic E-state index is 13.6. The SMILES string of the molecule is Cc1ccc(-n2cc(C(=O)N3CCC(NC(=O)c4ccc(F)cc4)CC3)c(-c3ccccc3)n2)cc1. The lowest BCUT2D eigenvalue weighted by atomic mass is 10.0. The van der Waals surface area contributed by atoms with Crippen LogP contribution in [0.5, 0.6) is 0 Å². The molecule has 1 N–H and O–H groups in total. The third kappa shape index (κ3) is 5.05. The molecule has 7 heteroatoms. The molecule has 1 saturated heterocycles. The molecule has 0 bridgehead atoms. The number of amides is 2. The van der Waals surface area contributed by atoms with Gasteiger partial charge in [-0.3, -0.25) is 9.59 Å². The summed E-state index contributed by atoms with van der Waals surface area (Å²) in [5.41, 5.74) is 4.54. The van der Waals surface area contributed by atoms with Gasteiger partial charge in [0.2, 0.25) is 0 Å². The summed E-state index contributed by atoms with van der Waals surface area (Å²) < 4.78 is 14.9. The van der Waals surface area contributed by atoms with Gasteiger partial charge in [-0.25, -0.2) is 9.07 Å². The van der Waals surface area contributed by atoms with E-state index in [0.717, 1.165) is 16.8 Å². The van der Waals surface area contributed by atoms with Crippen molar-refractivity contribution in [3.63, 3.8) is 0 Å². The Hall–Kier alpha value is -4.26. The van der Waals surface area contributed by atoms with Crippen LogP contribution in [0.25, 0.3) is 16.9 Å². The fraction of sp³-hybridized carbons (Fsp3) is 0.207. The quantitative estimate of drug-likeness (QED) is 0.434. The molecule has 6 nitrogen and oxygen atoms in total. The largest absolute Gasteiger partial charge is 0.349 e. The van der Waals surface area contributed by atoms with E-state index < -0.39 is 0 Å². The first-order valence-corrected chi connectivity index (χ1v) is 12.1. The maximum atomic E-state index is 13.6. The van der Waals surface area contributed by atoms with E-state index in [2.05, 4.69) is 5.32 Å². The van der Waals surface area contributed by atoms with Crippen LogP contribution in [0, 0.1) is 12.7 Å². The number of aryl methyl sites for hydroxylation is 1. The van der Waals surface area contributed by atoms with Gasteiger partial charge >= 0.3 is 0 Å². The molecule has 1 aromatic heterocycles. The van der Waals surface area contributed by atoms with E-state index in [1.807, 2.05) is 66.4 Å². The van der Waals surface area contributed by atoms with Gasteiger partial charge in [-0.2, -0.15) is 5.10 Å². The van der Waals surface area contributed by atoms with E-state index in [1.165, 1.54) is 24.3 Å². The normalized spacial score (nSPS) is 14.0. The standard InChI is InChI=1S/C29H27FN4O2/c1-20-7-13-25(14-8-20)34-19-26(27(32-34)21-5-3-2-4-6-21)29(36)33-17-15-24(16-18-33)31-28(35)22-9-11-23(30)12-10-22/h2-14,19,24H,15-18H2,1H3,(H,31,35). The second kappa shape index (κ2) is 10.2. The van der Waals surface area contributed by atoms with Crippen molar-refractivity contribution < 1.29 is 14.0 Å². The van der Waals surface area contributed by atoms with Crippen LogP contribution in [0.3, 0.4) is 0 Å². The Morgan fingerprint density at radius 3 is 2.25 bits per heavy atom. The number of benzene rings is 3. The van der Waals surface area contributed by atoms with E-state index in [1.54, 1.807) is 10.9 Å². The molecule has 0 unspecified atom stereocenters. The minimum absolute atomic E-state index is 0.0459. The highest BCUT2D eigenvalue weighted by atomic mass is 19.1. The highest BCUT2D eigenvalue weighted by Crippen LogP contribution is 2.26. The lowest BCUT2D eigenvalue weighted by Crippen LogP contribution is -2.46. The van der Waals surface area contributed by atoms with Gasteiger partial charge in [0, 0.05) is 36.5 Å². The van der Waals surface area contributed by atoms with Crippen molar-refractivity contribution in [1.82, 2.24) is 20.0 Å². The van der Waals surface area contributed by atoms with Crippen molar-refractivity contribution in [3.8, 4) is 16.9 Å². The first-order valence-electron chi connectivity index (χ1n) is 12.1. The average Bonchev–Trinajstić information content (AvgIpc) is 3.35.